The summed E-state index contributed by atoms with van der Waals surface area (Å²) in [5.41, 5.74) is 5.40. The van der Waals surface area contributed by atoms with Gasteiger partial charge in [0.25, 0.3) is 10.0 Å². The van der Waals surface area contributed by atoms with Crippen LogP contribution >= 0.6 is 11.3 Å². The zero-order valence-corrected chi connectivity index (χ0v) is 12.0. The average Bonchev–Trinajstić information content (AvgIpc) is 2.60. The molecule has 0 saturated heterocycles. The van der Waals surface area contributed by atoms with Gasteiger partial charge in [-0.2, -0.15) is 0 Å². The summed E-state index contributed by atoms with van der Waals surface area (Å²) in [6.07, 6.45) is 0. The van der Waals surface area contributed by atoms with Crippen LogP contribution in [0.15, 0.2) is 4.34 Å². The zero-order chi connectivity index (χ0) is 13.3. The maximum absolute atomic E-state index is 11.8. The van der Waals surface area contributed by atoms with Crippen LogP contribution < -0.4 is 10.5 Å². The third-order valence-electron chi connectivity index (χ3n) is 2.71. The molecule has 1 unspecified atom stereocenters. The van der Waals surface area contributed by atoms with Crippen LogP contribution in [-0.2, 0) is 10.0 Å². The van der Waals surface area contributed by atoms with E-state index in [4.69, 9.17) is 5.73 Å². The number of hydrogen-bond donors (Lipinski definition) is 2. The predicted octanol–water partition coefficient (Wildman–Crippen LogP) is 1.08. The summed E-state index contributed by atoms with van der Waals surface area (Å²) in [5.74, 6) is 0.211. The van der Waals surface area contributed by atoms with E-state index in [0.29, 0.717) is 6.54 Å². The molecule has 6 nitrogen and oxygen atoms in total. The monoisotopic (exact) mass is 278 g/mol. The standard InChI is InChI=1S/C9H18N4O2S2/c1-6(9(2,3)4)5-11-17(14,15)8-13-12-7(10)16-8/h6,11H,5H2,1-4H3,(H2,10,12). The van der Waals surface area contributed by atoms with E-state index in [-0.39, 0.29) is 20.8 Å². The molecule has 0 bridgehead atoms. The molecule has 0 fully saturated rings. The quantitative estimate of drug-likeness (QED) is 0.858. The Balaban J connectivity index is 2.69. The Morgan fingerprint density at radius 1 is 1.41 bits per heavy atom. The smallest absolute Gasteiger partial charge is 0.269 e. The predicted molar refractivity (Wildman–Crippen MR) is 68.1 cm³/mol. The van der Waals surface area contributed by atoms with Gasteiger partial charge in [-0.15, -0.1) is 10.2 Å². The van der Waals surface area contributed by atoms with E-state index >= 15 is 0 Å². The topological polar surface area (TPSA) is 98.0 Å². The summed E-state index contributed by atoms with van der Waals surface area (Å²) in [6, 6.07) is 0. The largest absolute Gasteiger partial charge is 0.374 e. The van der Waals surface area contributed by atoms with Crippen molar-refractivity contribution in [1.82, 2.24) is 14.9 Å². The first kappa shape index (κ1) is 14.3. The van der Waals surface area contributed by atoms with Crippen molar-refractivity contribution in [3.8, 4) is 0 Å². The van der Waals surface area contributed by atoms with Crippen LogP contribution in [0.3, 0.4) is 0 Å². The number of anilines is 1. The van der Waals surface area contributed by atoms with Gasteiger partial charge in [0.15, 0.2) is 0 Å². The Labute approximate surface area is 106 Å². The van der Waals surface area contributed by atoms with Crippen LogP contribution in [0.1, 0.15) is 27.7 Å². The lowest BCUT2D eigenvalue weighted by Crippen LogP contribution is -2.33. The second-order valence-electron chi connectivity index (χ2n) is 5.03. The van der Waals surface area contributed by atoms with Crippen molar-refractivity contribution >= 4 is 26.5 Å². The molecule has 0 saturated carbocycles. The van der Waals surface area contributed by atoms with Gasteiger partial charge in [-0.1, -0.05) is 39.0 Å². The number of nitrogens with one attached hydrogen (secondary N) is 1. The highest BCUT2D eigenvalue weighted by molar-refractivity contribution is 7.91. The van der Waals surface area contributed by atoms with Gasteiger partial charge >= 0.3 is 0 Å². The van der Waals surface area contributed by atoms with Crippen molar-refractivity contribution in [1.29, 1.82) is 0 Å². The van der Waals surface area contributed by atoms with Gasteiger partial charge in [0.05, 0.1) is 0 Å². The molecule has 0 aliphatic rings. The van der Waals surface area contributed by atoms with Gasteiger partial charge in [-0.3, -0.25) is 0 Å². The van der Waals surface area contributed by atoms with E-state index in [1.807, 2.05) is 6.92 Å². The fourth-order valence-corrected chi connectivity index (χ4v) is 2.89. The zero-order valence-electron chi connectivity index (χ0n) is 10.4. The molecule has 0 radical (unpaired) electrons. The van der Waals surface area contributed by atoms with E-state index < -0.39 is 10.0 Å². The third-order valence-corrected chi connectivity index (χ3v) is 5.25. The minimum Gasteiger partial charge on any atom is -0.374 e. The third kappa shape index (κ3) is 3.90. The molecule has 1 aromatic rings. The Morgan fingerprint density at radius 2 is 2.00 bits per heavy atom. The van der Waals surface area contributed by atoms with Gasteiger partial charge in [0.1, 0.15) is 0 Å². The Morgan fingerprint density at radius 3 is 2.41 bits per heavy atom. The number of nitrogens with two attached hydrogens (primary N) is 1. The summed E-state index contributed by atoms with van der Waals surface area (Å²) in [7, 11) is -3.58. The summed E-state index contributed by atoms with van der Waals surface area (Å²) in [5, 5.41) is 7.15. The highest BCUT2D eigenvalue weighted by Crippen LogP contribution is 2.25. The molecule has 0 aliphatic carbocycles. The van der Waals surface area contributed by atoms with Crippen LogP contribution in [0.4, 0.5) is 5.13 Å². The minimum atomic E-state index is -3.58. The molecule has 1 aromatic heterocycles. The maximum atomic E-state index is 11.8. The lowest BCUT2D eigenvalue weighted by atomic mass is 9.82. The molecular formula is C9H18N4O2S2. The second-order valence-corrected chi connectivity index (χ2v) is 7.97. The van der Waals surface area contributed by atoms with Crippen molar-refractivity contribution < 1.29 is 8.42 Å². The van der Waals surface area contributed by atoms with Gasteiger partial charge in [-0.05, 0) is 11.3 Å². The summed E-state index contributed by atoms with van der Waals surface area (Å²) in [4.78, 5) is 0. The van der Waals surface area contributed by atoms with Crippen LogP contribution in [0.25, 0.3) is 0 Å². The highest BCUT2D eigenvalue weighted by Gasteiger charge is 2.24. The van der Waals surface area contributed by atoms with Gasteiger partial charge in [0, 0.05) is 6.54 Å². The molecule has 1 atom stereocenters. The van der Waals surface area contributed by atoms with E-state index in [1.165, 1.54) is 0 Å². The van der Waals surface area contributed by atoms with E-state index in [1.54, 1.807) is 0 Å². The van der Waals surface area contributed by atoms with E-state index in [2.05, 4.69) is 35.7 Å². The molecule has 3 N–H and O–H groups in total. The van der Waals surface area contributed by atoms with Crippen molar-refractivity contribution in [2.24, 2.45) is 11.3 Å². The molecule has 0 aromatic carbocycles. The van der Waals surface area contributed by atoms with E-state index in [9.17, 15) is 8.42 Å². The van der Waals surface area contributed by atoms with Crippen LogP contribution in [0, 0.1) is 11.3 Å². The molecular weight excluding hydrogens is 260 g/mol. The fourth-order valence-electron chi connectivity index (χ4n) is 0.932. The lowest BCUT2D eigenvalue weighted by molar-refractivity contribution is 0.263. The summed E-state index contributed by atoms with van der Waals surface area (Å²) in [6.45, 7) is 8.56. The second kappa shape index (κ2) is 4.87. The fraction of sp³-hybridized carbons (Fsp3) is 0.778. The summed E-state index contributed by atoms with van der Waals surface area (Å²) < 4.78 is 26.1. The maximum Gasteiger partial charge on any atom is 0.269 e. The first-order chi connectivity index (χ1) is 7.63. The van der Waals surface area contributed by atoms with Crippen LogP contribution in [-0.4, -0.2) is 25.2 Å². The first-order valence-electron chi connectivity index (χ1n) is 5.21. The number of nitrogens with zero attached hydrogens (tertiary/aromatic N) is 2. The number of nitrogen functional groups attached to an aromatic ring is 1. The van der Waals surface area contributed by atoms with E-state index in [0.717, 1.165) is 11.3 Å². The van der Waals surface area contributed by atoms with Crippen molar-refractivity contribution in [3.05, 3.63) is 0 Å². The first-order valence-corrected chi connectivity index (χ1v) is 7.51. The average molecular weight is 278 g/mol. The SMILES string of the molecule is CC(CNS(=O)(=O)c1nnc(N)s1)C(C)(C)C. The highest BCUT2D eigenvalue weighted by atomic mass is 32.2. The lowest BCUT2D eigenvalue weighted by Gasteiger charge is -2.26. The molecule has 1 heterocycles. The van der Waals surface area contributed by atoms with Crippen molar-refractivity contribution in [2.75, 3.05) is 12.3 Å². The molecule has 0 amide bonds. The normalized spacial score (nSPS) is 14.8. The number of sulfonamides is 1. The van der Waals surface area contributed by atoms with Gasteiger partial charge in [0.2, 0.25) is 9.47 Å². The summed E-state index contributed by atoms with van der Waals surface area (Å²) >= 11 is 0.859. The Kier molecular flexibility index (Phi) is 4.11. The number of rotatable bonds is 4. The van der Waals surface area contributed by atoms with Crippen molar-refractivity contribution in [3.63, 3.8) is 0 Å². The molecule has 8 heteroatoms. The van der Waals surface area contributed by atoms with Gasteiger partial charge < -0.3 is 5.73 Å². The molecule has 1 rings (SSSR count). The number of hydrogen-bond acceptors (Lipinski definition) is 6. The number of aromatic nitrogens is 2. The molecule has 17 heavy (non-hydrogen) atoms. The van der Waals surface area contributed by atoms with Crippen LogP contribution in [0.5, 0.6) is 0 Å². The van der Waals surface area contributed by atoms with Crippen molar-refractivity contribution in [2.45, 2.75) is 32.0 Å². The Hall–Kier alpha value is -0.730. The molecule has 0 spiro atoms. The minimum absolute atomic E-state index is 0.0443. The van der Waals surface area contributed by atoms with Gasteiger partial charge in [-0.25, -0.2) is 13.1 Å². The van der Waals surface area contributed by atoms with Crippen LogP contribution in [0.2, 0.25) is 0 Å². The molecule has 98 valence electrons. The molecule has 0 aliphatic heterocycles. The Bertz CT molecular complexity index is 475.